The summed E-state index contributed by atoms with van der Waals surface area (Å²) in [7, 11) is 1.90. The highest BCUT2D eigenvalue weighted by molar-refractivity contribution is 9.10. The molecule has 27 heavy (non-hydrogen) atoms. The third kappa shape index (κ3) is 2.74. The van der Waals surface area contributed by atoms with Crippen molar-refractivity contribution in [3.05, 3.63) is 64.1 Å². The van der Waals surface area contributed by atoms with Crippen LogP contribution in [0.1, 0.15) is 31.0 Å². The van der Waals surface area contributed by atoms with Gasteiger partial charge in [-0.3, -0.25) is 9.59 Å². The smallest absolute Gasteiger partial charge is 0.329 e. The average Bonchev–Trinajstić information content (AvgIpc) is 2.60. The Hall–Kier alpha value is -2.34. The molecule has 2 aromatic rings. The van der Waals surface area contributed by atoms with E-state index in [2.05, 4.69) is 15.9 Å². The second-order valence-electron chi connectivity index (χ2n) is 7.52. The molecule has 2 heterocycles. The Morgan fingerprint density at radius 1 is 1.00 bits per heavy atom. The fraction of sp³-hybridized carbons (Fsp3) is 0.333. The van der Waals surface area contributed by atoms with Gasteiger partial charge in [0, 0.05) is 37.5 Å². The predicted molar refractivity (Wildman–Crippen MR) is 104 cm³/mol. The molecule has 0 saturated carbocycles. The number of carbonyl (C=O) groups is 2. The molecule has 1 unspecified atom stereocenters. The molecule has 0 amide bonds. The molecule has 0 aliphatic carbocycles. The summed E-state index contributed by atoms with van der Waals surface area (Å²) < 4.78 is 12.0. The summed E-state index contributed by atoms with van der Waals surface area (Å²) in [4.78, 5) is 28.5. The van der Waals surface area contributed by atoms with Crippen LogP contribution in [0.5, 0.6) is 0 Å². The van der Waals surface area contributed by atoms with Crippen molar-refractivity contribution in [1.29, 1.82) is 0 Å². The molecule has 0 bridgehead atoms. The molecule has 0 aromatic heterocycles. The fourth-order valence-corrected chi connectivity index (χ4v) is 4.39. The van der Waals surface area contributed by atoms with Gasteiger partial charge in [-0.15, -0.1) is 0 Å². The van der Waals surface area contributed by atoms with Gasteiger partial charge in [-0.1, -0.05) is 46.3 Å². The molecular weight excluding hydrogens is 410 g/mol. The van der Waals surface area contributed by atoms with E-state index in [-0.39, 0.29) is 6.42 Å². The first kappa shape index (κ1) is 18.0. The Kier molecular flexibility index (Phi) is 4.07. The third-order valence-corrected chi connectivity index (χ3v) is 5.81. The van der Waals surface area contributed by atoms with E-state index in [1.807, 2.05) is 60.5 Å². The molecule has 0 N–H and O–H groups in total. The molecule has 1 spiro atoms. The quantitative estimate of drug-likeness (QED) is 0.506. The number of carbonyl (C=O) groups excluding carboxylic acids is 2. The number of fused-ring (bicyclic) bond motifs is 1. The summed E-state index contributed by atoms with van der Waals surface area (Å²) >= 11 is 3.44. The van der Waals surface area contributed by atoms with Crippen LogP contribution in [0.4, 0.5) is 5.69 Å². The minimum absolute atomic E-state index is 0.238. The fourth-order valence-electron chi connectivity index (χ4n) is 4.12. The van der Waals surface area contributed by atoms with Gasteiger partial charge in [0.15, 0.2) is 5.41 Å². The predicted octanol–water partition coefficient (Wildman–Crippen LogP) is 4.01. The van der Waals surface area contributed by atoms with E-state index in [9.17, 15) is 9.59 Å². The number of halogens is 1. The summed E-state index contributed by atoms with van der Waals surface area (Å²) in [5.74, 6) is -2.35. The number of cyclic esters (lactones) is 2. The number of nitrogens with zero attached hydrogens (tertiary/aromatic N) is 1. The van der Waals surface area contributed by atoms with Crippen molar-refractivity contribution >= 4 is 33.6 Å². The van der Waals surface area contributed by atoms with Crippen molar-refractivity contribution < 1.29 is 19.1 Å². The van der Waals surface area contributed by atoms with Gasteiger partial charge in [-0.25, -0.2) is 0 Å². The molecule has 1 atom stereocenters. The van der Waals surface area contributed by atoms with Gasteiger partial charge in [0.05, 0.1) is 6.04 Å². The van der Waals surface area contributed by atoms with Gasteiger partial charge in [0.25, 0.3) is 5.79 Å². The number of hydrogen-bond donors (Lipinski definition) is 0. The average molecular weight is 430 g/mol. The largest absolute Gasteiger partial charge is 0.422 e. The van der Waals surface area contributed by atoms with E-state index in [4.69, 9.17) is 9.47 Å². The first-order valence-corrected chi connectivity index (χ1v) is 9.57. The van der Waals surface area contributed by atoms with Crippen LogP contribution in [0.15, 0.2) is 53.0 Å². The van der Waals surface area contributed by atoms with E-state index in [0.29, 0.717) is 0 Å². The normalized spacial score (nSPS) is 22.8. The Morgan fingerprint density at radius 2 is 1.59 bits per heavy atom. The molecule has 1 saturated heterocycles. The van der Waals surface area contributed by atoms with Crippen molar-refractivity contribution in [1.82, 2.24) is 0 Å². The van der Waals surface area contributed by atoms with E-state index >= 15 is 0 Å². The number of anilines is 1. The van der Waals surface area contributed by atoms with Crippen LogP contribution in [0.2, 0.25) is 0 Å². The number of ether oxygens (including phenoxy) is 2. The summed E-state index contributed by atoms with van der Waals surface area (Å²) in [6.07, 6.45) is 0.238. The van der Waals surface area contributed by atoms with Crippen LogP contribution in [0, 0.1) is 5.41 Å². The lowest BCUT2D eigenvalue weighted by Gasteiger charge is -2.50. The number of para-hydroxylation sites is 1. The maximum Gasteiger partial charge on any atom is 0.329 e. The minimum atomic E-state index is -1.45. The Labute approximate surface area is 166 Å². The third-order valence-electron chi connectivity index (χ3n) is 5.29. The molecule has 6 heteroatoms. The lowest BCUT2D eigenvalue weighted by molar-refractivity contribution is -0.253. The van der Waals surface area contributed by atoms with Gasteiger partial charge in [0.1, 0.15) is 0 Å². The number of esters is 2. The summed E-state index contributed by atoms with van der Waals surface area (Å²) in [6, 6.07) is 14.9. The van der Waals surface area contributed by atoms with E-state index < -0.39 is 29.2 Å². The van der Waals surface area contributed by atoms with E-state index in [1.165, 1.54) is 0 Å². The van der Waals surface area contributed by atoms with Crippen LogP contribution in [-0.2, 0) is 25.5 Å². The first-order chi connectivity index (χ1) is 12.7. The first-order valence-electron chi connectivity index (χ1n) is 8.78. The molecule has 2 aromatic carbocycles. The second-order valence-corrected chi connectivity index (χ2v) is 8.44. The Bertz CT molecular complexity index is 902. The van der Waals surface area contributed by atoms with Crippen molar-refractivity contribution in [2.45, 2.75) is 32.1 Å². The monoisotopic (exact) mass is 429 g/mol. The maximum absolute atomic E-state index is 13.2. The molecule has 1 fully saturated rings. The lowest BCUT2D eigenvalue weighted by Crippen LogP contribution is -2.61. The van der Waals surface area contributed by atoms with Gasteiger partial charge in [-0.2, -0.15) is 0 Å². The zero-order chi connectivity index (χ0) is 19.4. The second kappa shape index (κ2) is 6.09. The summed E-state index contributed by atoms with van der Waals surface area (Å²) in [6.45, 7) is 3.15. The molecular formula is C21H20BrNO4. The highest BCUT2D eigenvalue weighted by atomic mass is 79.9. The highest BCUT2D eigenvalue weighted by Gasteiger charge is 2.63. The minimum Gasteiger partial charge on any atom is -0.422 e. The molecule has 5 nitrogen and oxygen atoms in total. The SMILES string of the molecule is CN1c2ccccc2CC2(C(=O)OC(C)(C)OC2=O)C1c1ccc(Br)cc1. The number of benzene rings is 2. The van der Waals surface area contributed by atoms with Crippen LogP contribution < -0.4 is 4.90 Å². The standard InChI is InChI=1S/C21H20BrNO4/c1-20(2)26-18(24)21(19(25)27-20)12-14-6-4-5-7-16(14)23(3)17(21)13-8-10-15(22)11-9-13/h4-11,17H,12H2,1-3H3. The van der Waals surface area contributed by atoms with Gasteiger partial charge >= 0.3 is 11.9 Å². The maximum atomic E-state index is 13.2. The Balaban J connectivity index is 1.93. The van der Waals surface area contributed by atoms with Crippen molar-refractivity contribution in [2.24, 2.45) is 5.41 Å². The molecule has 0 radical (unpaired) electrons. The highest BCUT2D eigenvalue weighted by Crippen LogP contribution is 2.52. The summed E-state index contributed by atoms with van der Waals surface area (Å²) in [5, 5.41) is 0. The molecule has 4 rings (SSSR count). The van der Waals surface area contributed by atoms with Crippen molar-refractivity contribution in [2.75, 3.05) is 11.9 Å². The molecule has 2 aliphatic rings. The van der Waals surface area contributed by atoms with Gasteiger partial charge in [-0.05, 0) is 29.3 Å². The van der Waals surface area contributed by atoms with Crippen molar-refractivity contribution in [3.63, 3.8) is 0 Å². The lowest BCUT2D eigenvalue weighted by atomic mass is 9.68. The van der Waals surface area contributed by atoms with E-state index in [0.717, 1.165) is 21.3 Å². The van der Waals surface area contributed by atoms with Crippen molar-refractivity contribution in [3.8, 4) is 0 Å². The molecule has 2 aliphatic heterocycles. The Morgan fingerprint density at radius 3 is 2.22 bits per heavy atom. The number of hydrogen-bond acceptors (Lipinski definition) is 5. The van der Waals surface area contributed by atoms with Crippen LogP contribution in [-0.4, -0.2) is 24.8 Å². The van der Waals surface area contributed by atoms with E-state index in [1.54, 1.807) is 13.8 Å². The van der Waals surface area contributed by atoms with Gasteiger partial charge in [0.2, 0.25) is 0 Å². The zero-order valence-corrected chi connectivity index (χ0v) is 16.9. The molecule has 140 valence electrons. The zero-order valence-electron chi connectivity index (χ0n) is 15.4. The van der Waals surface area contributed by atoms with Crippen LogP contribution in [0.25, 0.3) is 0 Å². The van der Waals surface area contributed by atoms with Gasteiger partial charge < -0.3 is 14.4 Å². The summed E-state index contributed by atoms with van der Waals surface area (Å²) in [5.41, 5.74) is 1.30. The van der Waals surface area contributed by atoms with Crippen LogP contribution >= 0.6 is 15.9 Å². The number of rotatable bonds is 1. The topological polar surface area (TPSA) is 55.8 Å². The van der Waals surface area contributed by atoms with Crippen LogP contribution in [0.3, 0.4) is 0 Å².